The van der Waals surface area contributed by atoms with Crippen molar-refractivity contribution in [1.82, 2.24) is 53.7 Å². The van der Waals surface area contributed by atoms with Gasteiger partial charge in [0.1, 0.15) is 11.6 Å². The highest BCUT2D eigenvalue weighted by Gasteiger charge is 2.37. The number of aromatic nitrogens is 6. The van der Waals surface area contributed by atoms with E-state index >= 15 is 0 Å². The number of aryl methyl sites for hydroxylation is 2. The Morgan fingerprint density at radius 2 is 1.02 bits per heavy atom. The Bertz CT molecular complexity index is 3900. The van der Waals surface area contributed by atoms with Gasteiger partial charge in [0, 0.05) is 164 Å². The lowest BCUT2D eigenvalue weighted by atomic mass is 9.99. The Hall–Kier alpha value is -8.07. The summed E-state index contributed by atoms with van der Waals surface area (Å²) in [6.07, 6.45) is -1.88. The van der Waals surface area contributed by atoms with Crippen LogP contribution in [-0.4, -0.2) is 131 Å². The number of hydrogen-bond donors (Lipinski definition) is 7. The summed E-state index contributed by atoms with van der Waals surface area (Å²) >= 11 is 0. The largest absolute Gasteiger partial charge is 0.478 e. The lowest BCUT2D eigenvalue weighted by Crippen LogP contribution is -2.47. The number of pyridine rings is 6. The topological polar surface area (TPSA) is 258 Å². The number of likely N-dealkylation sites (N-methyl/N-ethyl adjacent to an activating group) is 2. The Morgan fingerprint density at radius 1 is 0.625 bits per heavy atom. The Morgan fingerprint density at radius 3 is 1.40 bits per heavy atom. The lowest BCUT2D eigenvalue weighted by Gasteiger charge is -2.38. The van der Waals surface area contributed by atoms with Gasteiger partial charge in [-0.2, -0.15) is 26.3 Å². The highest BCUT2D eigenvalue weighted by atomic mass is 35.5. The summed E-state index contributed by atoms with van der Waals surface area (Å²) < 4.78 is 82.7. The van der Waals surface area contributed by atoms with E-state index in [1.54, 1.807) is 36.7 Å². The Labute approximate surface area is 511 Å². The molecule has 19 nitrogen and oxygen atoms in total. The van der Waals surface area contributed by atoms with Gasteiger partial charge in [-0.25, -0.2) is 14.8 Å². The van der Waals surface area contributed by atoms with Gasteiger partial charge in [-0.3, -0.25) is 24.2 Å². The van der Waals surface area contributed by atoms with Crippen LogP contribution in [0.1, 0.15) is 117 Å². The minimum Gasteiger partial charge on any atom is -0.478 e. The monoisotopic (exact) mass is 1240 g/mol. The maximum absolute atomic E-state index is 13.8. The van der Waals surface area contributed by atoms with E-state index in [9.17, 15) is 50.6 Å². The van der Waals surface area contributed by atoms with Crippen LogP contribution in [0.4, 0.5) is 38.0 Å². The number of fused-ring (bicyclic) bond motifs is 2. The fourth-order valence-electron chi connectivity index (χ4n) is 11.7. The Balaban J connectivity index is 0.000000212. The van der Waals surface area contributed by atoms with Crippen LogP contribution in [0.3, 0.4) is 0 Å². The zero-order chi connectivity index (χ0) is 63.4. The number of aromatic amines is 2. The first-order valence-electron chi connectivity index (χ1n) is 28.6. The van der Waals surface area contributed by atoms with Crippen molar-refractivity contribution in [2.75, 3.05) is 76.9 Å². The average Bonchev–Trinajstić information content (AvgIpc) is 2.71. The summed E-state index contributed by atoms with van der Waals surface area (Å²) in [5.41, 5.74) is 21.5. The van der Waals surface area contributed by atoms with Gasteiger partial charge < -0.3 is 56.2 Å². The second-order valence-electron chi connectivity index (χ2n) is 21.9. The number of carbonyl (C=O) groups is 2. The van der Waals surface area contributed by atoms with Crippen molar-refractivity contribution in [3.63, 3.8) is 0 Å². The van der Waals surface area contributed by atoms with Crippen molar-refractivity contribution in [2.24, 2.45) is 5.73 Å². The number of halogens is 7. The van der Waals surface area contributed by atoms with Crippen LogP contribution in [0.15, 0.2) is 95.0 Å². The number of anilines is 2. The number of rotatable bonds is 13. The van der Waals surface area contributed by atoms with Crippen LogP contribution in [0.5, 0.6) is 0 Å². The second-order valence-corrected chi connectivity index (χ2v) is 21.9. The number of hydrogen-bond acceptors (Lipinski definition) is 13. The molecular weight excluding hydrogens is 1170 g/mol. The number of H-pyrrole nitrogens is 2. The first-order valence-corrected chi connectivity index (χ1v) is 28.6. The van der Waals surface area contributed by atoms with Crippen molar-refractivity contribution >= 4 is 47.0 Å². The van der Waals surface area contributed by atoms with Crippen molar-refractivity contribution in [1.29, 1.82) is 0 Å². The average molecular weight is 1250 g/mol. The fraction of sp³-hybridized carbons (Fsp3) is 0.387. The van der Waals surface area contributed by atoms with E-state index in [-0.39, 0.29) is 35.9 Å². The predicted octanol–water partition coefficient (Wildman–Crippen LogP) is 9.41. The van der Waals surface area contributed by atoms with Gasteiger partial charge in [0.25, 0.3) is 17.0 Å². The molecule has 10 rings (SSSR count). The standard InChI is InChI=1S/C31H36F3N7O2.C23H29N5O2.C8H9F3N2O.ClH/c1-5-39-10-12-40(13-11-39)20(4)28-19(3)23(15-26-22(8-9-41(26)28)21-6-7-27(35)36-16-21)29(42)37-17-24-25(31(32,33)34)14-18(2)38-30(24)43;1-4-26-9-11-27(12-10-26)16(3)22-15(2)19(23(29)30)13-20-18(7-8-28(20)22)17-5-6-21(24)25-14-17;1-4-2-6(8(9,10)11)5(3-12)7(14)13-4;/h6-9,14-16,20H,5,10-13,17H2,1-4H3,(H2,35,36)(H,37,42)(H,38,43);5-8,13-14,16H,4,9-12H2,1-3H3,(H2,24,25)(H,29,30);2H,3,12H2,1H3,(H,13,14);1H. The first kappa shape index (κ1) is 67.4. The smallest absolute Gasteiger partial charge is 0.417 e. The van der Waals surface area contributed by atoms with Crippen molar-refractivity contribution in [2.45, 2.75) is 92.9 Å². The zero-order valence-electron chi connectivity index (χ0n) is 50.3. The molecule has 0 aliphatic carbocycles. The molecule has 8 aromatic rings. The molecule has 10 heterocycles. The summed E-state index contributed by atoms with van der Waals surface area (Å²) in [6.45, 7) is 23.8. The van der Waals surface area contributed by atoms with Crippen LogP contribution in [0, 0.1) is 27.7 Å². The molecule has 0 bridgehead atoms. The highest BCUT2D eigenvalue weighted by Crippen LogP contribution is 2.37. The van der Waals surface area contributed by atoms with Crippen LogP contribution in [0.25, 0.3) is 33.3 Å². The van der Waals surface area contributed by atoms with E-state index in [1.165, 1.54) is 13.8 Å². The van der Waals surface area contributed by atoms with E-state index in [0.29, 0.717) is 28.3 Å². The minimum absolute atomic E-state index is 0. The van der Waals surface area contributed by atoms with E-state index < -0.39 is 70.7 Å². The number of alkyl halides is 6. The van der Waals surface area contributed by atoms with E-state index in [0.717, 1.165) is 128 Å². The van der Waals surface area contributed by atoms with Gasteiger partial charge in [-0.15, -0.1) is 12.4 Å². The molecule has 0 saturated carbocycles. The fourth-order valence-corrected chi connectivity index (χ4v) is 11.7. The molecule has 2 unspecified atom stereocenters. The maximum Gasteiger partial charge on any atom is 0.417 e. The van der Waals surface area contributed by atoms with Crippen molar-refractivity contribution in [3.05, 3.63) is 173 Å². The molecule has 1 amide bonds. The number of amides is 1. The van der Waals surface area contributed by atoms with E-state index in [4.69, 9.17) is 17.2 Å². The third kappa shape index (κ3) is 14.7. The molecule has 88 heavy (non-hydrogen) atoms. The van der Waals surface area contributed by atoms with Gasteiger partial charge in [-0.05, 0) is 126 Å². The number of nitrogens with zero attached hydrogens (tertiary/aromatic N) is 8. The molecule has 8 aromatic heterocycles. The first-order chi connectivity index (χ1) is 41.1. The molecule has 472 valence electrons. The molecule has 2 atom stereocenters. The highest BCUT2D eigenvalue weighted by molar-refractivity contribution is 5.99. The molecule has 26 heteroatoms. The molecule has 2 saturated heterocycles. The summed E-state index contributed by atoms with van der Waals surface area (Å²) in [6, 6.07) is 16.5. The molecule has 0 spiro atoms. The van der Waals surface area contributed by atoms with Crippen LogP contribution in [0.2, 0.25) is 0 Å². The minimum atomic E-state index is -4.74. The van der Waals surface area contributed by atoms with Crippen molar-refractivity contribution < 1.29 is 41.0 Å². The summed E-state index contributed by atoms with van der Waals surface area (Å²) in [7, 11) is 0. The third-order valence-electron chi connectivity index (χ3n) is 16.6. The molecule has 0 aromatic carbocycles. The summed E-state index contributed by atoms with van der Waals surface area (Å²) in [5.74, 6) is -0.625. The van der Waals surface area contributed by atoms with Crippen LogP contribution < -0.4 is 33.6 Å². The quantitative estimate of drug-likeness (QED) is 0.0531. The predicted molar refractivity (Wildman–Crippen MR) is 331 cm³/mol. The molecule has 2 fully saturated rings. The van der Waals surface area contributed by atoms with E-state index in [2.05, 4.69) is 81.3 Å². The van der Waals surface area contributed by atoms with Crippen molar-refractivity contribution in [3.8, 4) is 22.3 Å². The van der Waals surface area contributed by atoms with Gasteiger partial charge in [0.15, 0.2) is 0 Å². The van der Waals surface area contributed by atoms with Crippen LogP contribution >= 0.6 is 12.4 Å². The van der Waals surface area contributed by atoms with Gasteiger partial charge in [0.2, 0.25) is 0 Å². The number of nitrogen functional groups attached to an aromatic ring is 2. The molecule has 2 aliphatic heterocycles. The van der Waals surface area contributed by atoms with Crippen LogP contribution in [-0.2, 0) is 25.4 Å². The van der Waals surface area contributed by atoms with E-state index in [1.807, 2.05) is 50.5 Å². The Kier molecular flexibility index (Phi) is 21.4. The molecule has 0 radical (unpaired) electrons. The summed E-state index contributed by atoms with van der Waals surface area (Å²) in [4.78, 5) is 72.1. The van der Waals surface area contributed by atoms with Gasteiger partial charge in [0.05, 0.1) is 27.7 Å². The maximum atomic E-state index is 13.8. The number of nitrogens with two attached hydrogens (primary N) is 3. The normalized spacial score (nSPS) is 15.2. The van der Waals surface area contributed by atoms with Gasteiger partial charge in [-0.1, -0.05) is 13.8 Å². The molecule has 10 N–H and O–H groups in total. The number of carbonyl (C=O) groups excluding carboxylic acids is 1. The number of carboxylic acids is 1. The number of carboxylic acid groups (broad SMARTS) is 1. The lowest BCUT2D eigenvalue weighted by molar-refractivity contribution is -0.139. The third-order valence-corrected chi connectivity index (χ3v) is 16.6. The number of nitrogens with one attached hydrogen (secondary N) is 3. The molecular formula is C62H75ClF6N14O5. The van der Waals surface area contributed by atoms with Gasteiger partial charge >= 0.3 is 18.3 Å². The number of piperazine rings is 2. The number of aromatic carboxylic acids is 1. The SMILES string of the molecule is CCN1CCN(C(C)c2c(C)c(C(=O)NCc3c(C(F)(F)F)cc(C)[nH]c3=O)cc3c(-c4ccc(N)nc4)ccn23)CC1.CCN1CCN(C(C)c2c(C)c(C(=O)O)cc3c(-c4ccc(N)nc4)ccn23)CC1.Cc1cc(C(F)(F)F)c(CN)c(=O)[nH]1.Cl. The molecule has 2 aliphatic rings. The zero-order valence-corrected chi connectivity index (χ0v) is 51.1. The summed E-state index contributed by atoms with van der Waals surface area (Å²) in [5, 5.41) is 12.5. The second kappa shape index (κ2) is 28.0.